The first-order valence-corrected chi connectivity index (χ1v) is 7.79. The lowest BCUT2D eigenvalue weighted by molar-refractivity contribution is -0.0837. The van der Waals surface area contributed by atoms with Crippen molar-refractivity contribution in [2.45, 2.75) is 69.7 Å². The minimum absolute atomic E-state index is 0.102. The normalized spacial score (nSPS) is 39.9. The minimum atomic E-state index is 0.102. The molecule has 112 valence electrons. The highest BCUT2D eigenvalue weighted by Gasteiger charge is 2.44. The topological polar surface area (TPSA) is 47.7 Å². The van der Waals surface area contributed by atoms with Gasteiger partial charge in [0, 0.05) is 31.3 Å². The van der Waals surface area contributed by atoms with Crippen molar-refractivity contribution >= 4 is 0 Å². The van der Waals surface area contributed by atoms with E-state index in [0.29, 0.717) is 18.2 Å². The predicted octanol–water partition coefficient (Wildman–Crippen LogP) is 1.77. The fraction of sp³-hybridized carbons (Fsp3) is 1.00. The Balaban J connectivity index is 2.07. The van der Waals surface area contributed by atoms with E-state index in [2.05, 4.69) is 25.8 Å². The van der Waals surface area contributed by atoms with Gasteiger partial charge in [-0.25, -0.2) is 0 Å². The van der Waals surface area contributed by atoms with Gasteiger partial charge >= 0.3 is 0 Å². The predicted molar refractivity (Wildman–Crippen MR) is 77.2 cm³/mol. The van der Waals surface area contributed by atoms with Crippen LogP contribution in [-0.2, 0) is 9.47 Å². The van der Waals surface area contributed by atoms with Gasteiger partial charge in [-0.3, -0.25) is 4.90 Å². The second-order valence-electron chi connectivity index (χ2n) is 6.21. The zero-order valence-corrected chi connectivity index (χ0v) is 12.7. The molecule has 0 bridgehead atoms. The van der Waals surface area contributed by atoms with Crippen LogP contribution in [0, 0.1) is 0 Å². The summed E-state index contributed by atoms with van der Waals surface area (Å²) in [6.45, 7) is 6.84. The standard InChI is InChI=1S/C15H30N2O2/c1-4-5-13-10-15(11-16,7-9-19-13)17(3)14-6-8-18-12(14)2/h12-14H,4-11,16H2,1-3H3. The Morgan fingerprint density at radius 3 is 2.68 bits per heavy atom. The van der Waals surface area contributed by atoms with Crippen LogP contribution in [0.15, 0.2) is 0 Å². The van der Waals surface area contributed by atoms with Gasteiger partial charge in [0.15, 0.2) is 0 Å². The van der Waals surface area contributed by atoms with E-state index in [1.807, 2.05) is 0 Å². The summed E-state index contributed by atoms with van der Waals surface area (Å²) in [6.07, 6.45) is 6.26. The van der Waals surface area contributed by atoms with Gasteiger partial charge in [0.25, 0.3) is 0 Å². The highest BCUT2D eigenvalue weighted by Crippen LogP contribution is 2.35. The van der Waals surface area contributed by atoms with E-state index in [0.717, 1.165) is 45.4 Å². The van der Waals surface area contributed by atoms with E-state index in [1.165, 1.54) is 6.42 Å². The molecule has 19 heavy (non-hydrogen) atoms. The van der Waals surface area contributed by atoms with Crippen LogP contribution in [0.2, 0.25) is 0 Å². The van der Waals surface area contributed by atoms with E-state index in [9.17, 15) is 0 Å². The molecule has 0 aromatic rings. The molecule has 0 aliphatic carbocycles. The quantitative estimate of drug-likeness (QED) is 0.827. The molecule has 0 aromatic carbocycles. The van der Waals surface area contributed by atoms with Gasteiger partial charge in [-0.15, -0.1) is 0 Å². The molecule has 2 aliphatic heterocycles. The van der Waals surface area contributed by atoms with Crippen molar-refractivity contribution in [3.05, 3.63) is 0 Å². The molecule has 0 spiro atoms. The molecule has 4 nitrogen and oxygen atoms in total. The van der Waals surface area contributed by atoms with Gasteiger partial charge in [-0.05, 0) is 39.7 Å². The first kappa shape index (κ1) is 15.2. The van der Waals surface area contributed by atoms with Crippen LogP contribution in [0.1, 0.15) is 46.0 Å². The summed E-state index contributed by atoms with van der Waals surface area (Å²) < 4.78 is 11.6. The maximum absolute atomic E-state index is 6.17. The molecule has 4 heteroatoms. The number of nitrogens with two attached hydrogens (primary N) is 1. The van der Waals surface area contributed by atoms with E-state index >= 15 is 0 Å². The second kappa shape index (κ2) is 6.53. The van der Waals surface area contributed by atoms with Gasteiger partial charge in [-0.2, -0.15) is 0 Å². The molecule has 4 atom stereocenters. The summed E-state index contributed by atoms with van der Waals surface area (Å²) in [7, 11) is 2.23. The van der Waals surface area contributed by atoms with Gasteiger partial charge < -0.3 is 15.2 Å². The van der Waals surface area contributed by atoms with Crippen LogP contribution in [-0.4, -0.2) is 55.5 Å². The lowest BCUT2D eigenvalue weighted by atomic mass is 9.82. The van der Waals surface area contributed by atoms with Crippen LogP contribution in [0.4, 0.5) is 0 Å². The fourth-order valence-corrected chi connectivity index (χ4v) is 3.74. The number of ether oxygens (including phenoxy) is 2. The molecule has 2 rings (SSSR count). The molecule has 2 fully saturated rings. The molecule has 0 radical (unpaired) electrons. The molecule has 0 aromatic heterocycles. The van der Waals surface area contributed by atoms with Gasteiger partial charge in [0.05, 0.1) is 12.2 Å². The van der Waals surface area contributed by atoms with E-state index in [1.54, 1.807) is 0 Å². The summed E-state index contributed by atoms with van der Waals surface area (Å²) in [5, 5.41) is 0. The monoisotopic (exact) mass is 270 g/mol. The fourth-order valence-electron chi connectivity index (χ4n) is 3.74. The van der Waals surface area contributed by atoms with Crippen molar-refractivity contribution in [3.63, 3.8) is 0 Å². The SMILES string of the molecule is CCCC1CC(CN)(N(C)C2CCOC2C)CCO1. The Morgan fingerprint density at radius 1 is 1.32 bits per heavy atom. The zero-order chi connectivity index (χ0) is 13.9. The Morgan fingerprint density at radius 2 is 2.11 bits per heavy atom. The van der Waals surface area contributed by atoms with Crippen LogP contribution >= 0.6 is 0 Å². The van der Waals surface area contributed by atoms with Crippen LogP contribution in [0.25, 0.3) is 0 Å². The van der Waals surface area contributed by atoms with Gasteiger partial charge in [-0.1, -0.05) is 13.3 Å². The van der Waals surface area contributed by atoms with Crippen molar-refractivity contribution in [2.24, 2.45) is 5.73 Å². The average Bonchev–Trinajstić information content (AvgIpc) is 2.84. The molecule has 0 saturated carbocycles. The summed E-state index contributed by atoms with van der Waals surface area (Å²) in [5.74, 6) is 0. The summed E-state index contributed by atoms with van der Waals surface area (Å²) in [4.78, 5) is 2.51. The molecular weight excluding hydrogens is 240 g/mol. The maximum atomic E-state index is 6.17. The molecule has 2 aliphatic rings. The third-order valence-electron chi connectivity index (χ3n) is 5.10. The highest BCUT2D eigenvalue weighted by atomic mass is 16.5. The number of likely N-dealkylation sites (N-methyl/N-ethyl adjacent to an activating group) is 1. The van der Waals surface area contributed by atoms with Crippen molar-refractivity contribution in [1.29, 1.82) is 0 Å². The lowest BCUT2D eigenvalue weighted by Crippen LogP contribution is -2.61. The Labute approximate surface area is 117 Å². The minimum Gasteiger partial charge on any atom is -0.378 e. The first-order valence-electron chi connectivity index (χ1n) is 7.79. The lowest BCUT2D eigenvalue weighted by Gasteiger charge is -2.49. The smallest absolute Gasteiger partial charge is 0.0703 e. The first-order chi connectivity index (χ1) is 9.13. The zero-order valence-electron chi connectivity index (χ0n) is 12.7. The maximum Gasteiger partial charge on any atom is 0.0703 e. The highest BCUT2D eigenvalue weighted by molar-refractivity contribution is 4.99. The Hall–Kier alpha value is -0.160. The second-order valence-corrected chi connectivity index (χ2v) is 6.21. The third-order valence-corrected chi connectivity index (χ3v) is 5.10. The third kappa shape index (κ3) is 3.13. The molecule has 2 N–H and O–H groups in total. The van der Waals surface area contributed by atoms with Crippen molar-refractivity contribution in [1.82, 2.24) is 4.90 Å². The Bertz CT molecular complexity index is 285. The molecule has 4 unspecified atom stereocenters. The van der Waals surface area contributed by atoms with Crippen molar-refractivity contribution in [2.75, 3.05) is 26.8 Å². The van der Waals surface area contributed by atoms with E-state index in [4.69, 9.17) is 15.2 Å². The molecular formula is C15H30N2O2. The number of rotatable bonds is 5. The van der Waals surface area contributed by atoms with E-state index in [-0.39, 0.29) is 5.54 Å². The van der Waals surface area contributed by atoms with Gasteiger partial charge in [0.1, 0.15) is 0 Å². The summed E-state index contributed by atoms with van der Waals surface area (Å²) in [6, 6.07) is 0.504. The van der Waals surface area contributed by atoms with Crippen LogP contribution in [0.5, 0.6) is 0 Å². The average molecular weight is 270 g/mol. The van der Waals surface area contributed by atoms with Crippen LogP contribution < -0.4 is 5.73 Å². The van der Waals surface area contributed by atoms with Crippen molar-refractivity contribution < 1.29 is 9.47 Å². The number of nitrogens with zero attached hydrogens (tertiary/aromatic N) is 1. The number of hydrogen-bond acceptors (Lipinski definition) is 4. The summed E-state index contributed by atoms with van der Waals surface area (Å²) >= 11 is 0. The van der Waals surface area contributed by atoms with E-state index < -0.39 is 0 Å². The Kier molecular flexibility index (Phi) is 5.23. The largest absolute Gasteiger partial charge is 0.378 e. The molecule has 2 saturated heterocycles. The molecule has 0 amide bonds. The summed E-state index contributed by atoms with van der Waals surface area (Å²) in [5.41, 5.74) is 6.27. The number of hydrogen-bond donors (Lipinski definition) is 1. The molecule has 2 heterocycles. The van der Waals surface area contributed by atoms with Crippen molar-refractivity contribution in [3.8, 4) is 0 Å². The van der Waals surface area contributed by atoms with Gasteiger partial charge in [0.2, 0.25) is 0 Å². The van der Waals surface area contributed by atoms with Crippen LogP contribution in [0.3, 0.4) is 0 Å².